The summed E-state index contributed by atoms with van der Waals surface area (Å²) in [7, 11) is -3.97. The van der Waals surface area contributed by atoms with E-state index in [0.29, 0.717) is 15.4 Å². The number of halogens is 1. The SMILES string of the molecule is O=C(NNS(=O)(=O)c1ccc(Br)cc1)c1cc2ccccc2oc1=O. The topological polar surface area (TPSA) is 105 Å². The van der Waals surface area contributed by atoms with Crippen molar-refractivity contribution in [2.24, 2.45) is 0 Å². The maximum atomic E-state index is 12.1. The molecule has 0 atom stereocenters. The van der Waals surface area contributed by atoms with Crippen LogP contribution in [0, 0.1) is 0 Å². The number of hydrogen-bond acceptors (Lipinski definition) is 5. The summed E-state index contributed by atoms with van der Waals surface area (Å²) in [5.74, 6) is -0.916. The molecule has 128 valence electrons. The van der Waals surface area contributed by atoms with E-state index in [-0.39, 0.29) is 10.5 Å². The fourth-order valence-electron chi connectivity index (χ4n) is 2.07. The number of fused-ring (bicyclic) bond motifs is 1. The Morgan fingerprint density at radius 1 is 1.04 bits per heavy atom. The van der Waals surface area contributed by atoms with E-state index in [1.165, 1.54) is 18.2 Å². The molecule has 1 amide bonds. The molecule has 1 heterocycles. The van der Waals surface area contributed by atoms with E-state index >= 15 is 0 Å². The lowest BCUT2D eigenvalue weighted by Crippen LogP contribution is -2.42. The van der Waals surface area contributed by atoms with Crippen LogP contribution in [0.15, 0.2) is 73.2 Å². The fraction of sp³-hybridized carbons (Fsp3) is 0. The van der Waals surface area contributed by atoms with Gasteiger partial charge in [0.1, 0.15) is 11.1 Å². The second kappa shape index (κ2) is 6.79. The summed E-state index contributed by atoms with van der Waals surface area (Å²) in [5.41, 5.74) is 1.17. The molecule has 0 radical (unpaired) electrons. The minimum absolute atomic E-state index is 0.0402. The van der Waals surface area contributed by atoms with Crippen molar-refractivity contribution >= 4 is 42.8 Å². The normalized spacial score (nSPS) is 11.4. The van der Waals surface area contributed by atoms with Crippen LogP contribution < -0.4 is 15.9 Å². The van der Waals surface area contributed by atoms with Crippen LogP contribution in [0.3, 0.4) is 0 Å². The molecule has 2 N–H and O–H groups in total. The first-order valence-corrected chi connectivity index (χ1v) is 9.25. The molecule has 9 heteroatoms. The maximum Gasteiger partial charge on any atom is 0.349 e. The van der Waals surface area contributed by atoms with E-state index in [1.807, 2.05) is 10.3 Å². The van der Waals surface area contributed by atoms with Crippen LogP contribution in [0.25, 0.3) is 11.0 Å². The molecule has 0 aliphatic rings. The lowest BCUT2D eigenvalue weighted by atomic mass is 10.2. The summed E-state index contributed by atoms with van der Waals surface area (Å²) in [6.45, 7) is 0. The largest absolute Gasteiger partial charge is 0.422 e. The minimum Gasteiger partial charge on any atom is -0.422 e. The monoisotopic (exact) mass is 422 g/mol. The highest BCUT2D eigenvalue weighted by atomic mass is 79.9. The van der Waals surface area contributed by atoms with Crippen molar-refractivity contribution in [1.29, 1.82) is 0 Å². The molecule has 1 aromatic heterocycles. The number of para-hydroxylation sites is 1. The van der Waals surface area contributed by atoms with Gasteiger partial charge in [0.2, 0.25) is 0 Å². The van der Waals surface area contributed by atoms with Crippen LogP contribution in [0.2, 0.25) is 0 Å². The first-order chi connectivity index (χ1) is 11.9. The van der Waals surface area contributed by atoms with Crippen LogP contribution in [0.1, 0.15) is 10.4 Å². The van der Waals surface area contributed by atoms with Crippen LogP contribution >= 0.6 is 15.9 Å². The average Bonchev–Trinajstić information content (AvgIpc) is 2.59. The Morgan fingerprint density at radius 3 is 2.44 bits per heavy atom. The molecule has 0 aliphatic carbocycles. The van der Waals surface area contributed by atoms with Gasteiger partial charge in [-0.15, -0.1) is 4.83 Å². The van der Waals surface area contributed by atoms with Gasteiger partial charge in [-0.2, -0.15) is 0 Å². The predicted molar refractivity (Wildman–Crippen MR) is 94.4 cm³/mol. The van der Waals surface area contributed by atoms with Gasteiger partial charge in [-0.3, -0.25) is 10.2 Å². The first kappa shape index (κ1) is 17.3. The summed E-state index contributed by atoms with van der Waals surface area (Å²) in [6.07, 6.45) is 0. The number of nitrogens with one attached hydrogen (secondary N) is 2. The van der Waals surface area contributed by atoms with E-state index in [2.05, 4.69) is 15.9 Å². The Labute approximate surface area is 150 Å². The van der Waals surface area contributed by atoms with E-state index in [0.717, 1.165) is 0 Å². The van der Waals surface area contributed by atoms with Gasteiger partial charge in [-0.25, -0.2) is 13.2 Å². The minimum atomic E-state index is -3.97. The molecule has 25 heavy (non-hydrogen) atoms. The third-order valence-electron chi connectivity index (χ3n) is 3.31. The number of sulfonamides is 1. The number of carbonyl (C=O) groups is 1. The van der Waals surface area contributed by atoms with E-state index in [1.54, 1.807) is 36.4 Å². The molecule has 0 bridgehead atoms. The fourth-order valence-corrected chi connectivity index (χ4v) is 3.18. The van der Waals surface area contributed by atoms with Crippen LogP contribution in [-0.4, -0.2) is 14.3 Å². The zero-order valence-corrected chi connectivity index (χ0v) is 14.9. The predicted octanol–water partition coefficient (Wildman–Crippen LogP) is 2.18. The number of benzene rings is 2. The second-order valence-electron chi connectivity index (χ2n) is 5.00. The number of carbonyl (C=O) groups excluding carboxylic acids is 1. The summed E-state index contributed by atoms with van der Waals surface area (Å²) in [6, 6.07) is 13.8. The Bertz CT molecular complexity index is 1110. The number of amides is 1. The highest BCUT2D eigenvalue weighted by molar-refractivity contribution is 9.10. The molecule has 0 unspecified atom stereocenters. The van der Waals surface area contributed by atoms with Gasteiger partial charge in [0.25, 0.3) is 15.9 Å². The Hall–Kier alpha value is -2.49. The van der Waals surface area contributed by atoms with Crippen LogP contribution in [0.5, 0.6) is 0 Å². The molecule has 0 saturated carbocycles. The van der Waals surface area contributed by atoms with Crippen molar-refractivity contribution in [2.75, 3.05) is 0 Å². The summed E-state index contributed by atoms with van der Waals surface area (Å²) in [5, 5.41) is 0.544. The summed E-state index contributed by atoms with van der Waals surface area (Å²) in [4.78, 5) is 25.9. The van der Waals surface area contributed by atoms with Gasteiger partial charge in [0, 0.05) is 9.86 Å². The summed E-state index contributed by atoms with van der Waals surface area (Å²) >= 11 is 3.20. The number of rotatable bonds is 4. The molecule has 3 rings (SSSR count). The zero-order valence-electron chi connectivity index (χ0n) is 12.5. The number of hydrogen-bond donors (Lipinski definition) is 2. The summed E-state index contributed by atoms with van der Waals surface area (Å²) < 4.78 is 30.0. The standard InChI is InChI=1S/C16H11BrN2O5S/c17-11-5-7-12(8-6-11)25(22,23)19-18-15(20)13-9-10-3-1-2-4-14(10)24-16(13)21/h1-9,19H,(H,18,20). The lowest BCUT2D eigenvalue weighted by Gasteiger charge is -2.08. The van der Waals surface area contributed by atoms with Crippen molar-refractivity contribution in [3.8, 4) is 0 Å². The average molecular weight is 423 g/mol. The quantitative estimate of drug-likeness (QED) is 0.495. The molecule has 7 nitrogen and oxygen atoms in total. The van der Waals surface area contributed by atoms with E-state index in [4.69, 9.17) is 4.42 Å². The van der Waals surface area contributed by atoms with Gasteiger partial charge in [-0.05, 0) is 36.4 Å². The third kappa shape index (κ3) is 3.78. The highest BCUT2D eigenvalue weighted by Crippen LogP contribution is 2.14. The van der Waals surface area contributed by atoms with Gasteiger partial charge < -0.3 is 4.42 Å². The molecule has 3 aromatic rings. The smallest absolute Gasteiger partial charge is 0.349 e. The first-order valence-electron chi connectivity index (χ1n) is 6.97. The molecular weight excluding hydrogens is 412 g/mol. The van der Waals surface area contributed by atoms with Gasteiger partial charge >= 0.3 is 5.63 Å². The Morgan fingerprint density at radius 2 is 1.72 bits per heavy atom. The molecule has 0 saturated heterocycles. The Kier molecular flexibility index (Phi) is 4.71. The van der Waals surface area contributed by atoms with Crippen molar-refractivity contribution in [1.82, 2.24) is 10.3 Å². The van der Waals surface area contributed by atoms with Gasteiger partial charge in [0.15, 0.2) is 0 Å². The lowest BCUT2D eigenvalue weighted by molar-refractivity contribution is 0.0941. The van der Waals surface area contributed by atoms with Crippen LogP contribution in [0.4, 0.5) is 0 Å². The zero-order chi connectivity index (χ0) is 18.0. The van der Waals surface area contributed by atoms with E-state index in [9.17, 15) is 18.0 Å². The van der Waals surface area contributed by atoms with Crippen molar-refractivity contribution in [2.45, 2.75) is 4.90 Å². The van der Waals surface area contributed by atoms with Crippen LogP contribution in [-0.2, 0) is 10.0 Å². The van der Waals surface area contributed by atoms with Gasteiger partial charge in [0.05, 0.1) is 4.90 Å². The van der Waals surface area contributed by atoms with Crippen molar-refractivity contribution in [3.05, 3.63) is 75.1 Å². The van der Waals surface area contributed by atoms with Crippen molar-refractivity contribution in [3.63, 3.8) is 0 Å². The highest BCUT2D eigenvalue weighted by Gasteiger charge is 2.18. The molecule has 2 aromatic carbocycles. The molecular formula is C16H11BrN2O5S. The van der Waals surface area contributed by atoms with Crippen molar-refractivity contribution < 1.29 is 17.6 Å². The Balaban J connectivity index is 1.82. The second-order valence-corrected chi connectivity index (χ2v) is 7.60. The maximum absolute atomic E-state index is 12.1. The third-order valence-corrected chi connectivity index (χ3v) is 5.10. The van der Waals surface area contributed by atoms with E-state index < -0.39 is 21.6 Å². The number of hydrazine groups is 1. The van der Waals surface area contributed by atoms with Gasteiger partial charge in [-0.1, -0.05) is 34.1 Å². The molecule has 0 aliphatic heterocycles. The molecule has 0 spiro atoms. The molecule has 0 fully saturated rings.